The number of fused-ring (bicyclic) bond motifs is 2. The summed E-state index contributed by atoms with van der Waals surface area (Å²) in [4.78, 5) is 13.9. The first kappa shape index (κ1) is 10.3. The van der Waals surface area contributed by atoms with Crippen LogP contribution in [0.1, 0.15) is 35.0 Å². The van der Waals surface area contributed by atoms with E-state index in [1.807, 2.05) is 23.5 Å². The third kappa shape index (κ3) is 1.49. The molecule has 3 aromatic heterocycles. The van der Waals surface area contributed by atoms with Crippen molar-refractivity contribution in [3.63, 3.8) is 0 Å². The molecule has 0 fully saturated rings. The number of nitrogens with one attached hydrogen (secondary N) is 1. The Morgan fingerprint density at radius 3 is 3.28 bits per heavy atom. The minimum atomic E-state index is 0.425. The Morgan fingerprint density at radius 2 is 2.33 bits per heavy atom. The molecule has 0 saturated heterocycles. The molecule has 90 valence electrons. The van der Waals surface area contributed by atoms with Crippen molar-refractivity contribution in [2.24, 2.45) is 0 Å². The van der Waals surface area contributed by atoms with E-state index in [0.717, 1.165) is 17.0 Å². The topological polar surface area (TPSA) is 41.6 Å². The van der Waals surface area contributed by atoms with Crippen LogP contribution < -0.4 is 0 Å². The summed E-state index contributed by atoms with van der Waals surface area (Å²) in [5, 5.41) is 2.20. The summed E-state index contributed by atoms with van der Waals surface area (Å²) in [6, 6.07) is 6.24. The lowest BCUT2D eigenvalue weighted by Gasteiger charge is -2.20. The maximum absolute atomic E-state index is 4.65. The van der Waals surface area contributed by atoms with E-state index in [0.29, 0.717) is 5.92 Å². The summed E-state index contributed by atoms with van der Waals surface area (Å²) in [5.41, 5.74) is 3.33. The second kappa shape index (κ2) is 3.92. The quantitative estimate of drug-likeness (QED) is 0.723. The minimum Gasteiger partial charge on any atom is -0.340 e. The fraction of sp³-hybridized carbons (Fsp3) is 0.286. The van der Waals surface area contributed by atoms with Crippen LogP contribution >= 0.6 is 11.3 Å². The Hall–Kier alpha value is -1.68. The highest BCUT2D eigenvalue weighted by Crippen LogP contribution is 2.38. The van der Waals surface area contributed by atoms with E-state index < -0.39 is 0 Å². The average molecular weight is 255 g/mol. The number of thiophene rings is 1. The number of nitrogens with zero attached hydrogens (tertiary/aromatic N) is 2. The van der Waals surface area contributed by atoms with Gasteiger partial charge in [0, 0.05) is 17.0 Å². The lowest BCUT2D eigenvalue weighted by Crippen LogP contribution is -2.09. The van der Waals surface area contributed by atoms with E-state index in [1.54, 1.807) is 6.20 Å². The van der Waals surface area contributed by atoms with E-state index in [2.05, 4.69) is 26.4 Å². The number of hydrogen-bond acceptors (Lipinski definition) is 3. The Morgan fingerprint density at radius 1 is 1.33 bits per heavy atom. The van der Waals surface area contributed by atoms with Crippen LogP contribution in [0.2, 0.25) is 0 Å². The van der Waals surface area contributed by atoms with Gasteiger partial charge in [-0.15, -0.1) is 11.3 Å². The summed E-state index contributed by atoms with van der Waals surface area (Å²) in [6.07, 6.45) is 5.46. The number of pyridine rings is 1. The van der Waals surface area contributed by atoms with Gasteiger partial charge >= 0.3 is 0 Å². The highest BCUT2D eigenvalue weighted by molar-refractivity contribution is 7.10. The summed E-state index contributed by atoms with van der Waals surface area (Å²) in [7, 11) is 0. The molecule has 0 aromatic carbocycles. The van der Waals surface area contributed by atoms with Crippen molar-refractivity contribution in [3.8, 4) is 0 Å². The first-order valence-electron chi connectivity index (χ1n) is 6.29. The van der Waals surface area contributed by atoms with Crippen molar-refractivity contribution in [2.75, 3.05) is 0 Å². The molecule has 0 radical (unpaired) electrons. The van der Waals surface area contributed by atoms with E-state index in [-0.39, 0.29) is 0 Å². The van der Waals surface area contributed by atoms with Gasteiger partial charge in [-0.1, -0.05) is 0 Å². The monoisotopic (exact) mass is 255 g/mol. The molecule has 0 spiro atoms. The normalized spacial score (nSPS) is 19.0. The second-order valence-electron chi connectivity index (χ2n) is 4.74. The summed E-state index contributed by atoms with van der Waals surface area (Å²) >= 11 is 1.87. The highest BCUT2D eigenvalue weighted by atomic mass is 32.1. The standard InChI is InChI=1S/C14H13N3S/c1-3-10(9-6-8-18-12(9)5-1)13-16-11-4-2-7-15-14(11)17-13/h2,4,6-8,10H,1,3,5H2,(H,15,16,17). The number of aromatic nitrogens is 3. The van der Waals surface area contributed by atoms with Gasteiger partial charge in [0.25, 0.3) is 0 Å². The average Bonchev–Trinajstić information content (AvgIpc) is 3.04. The molecule has 0 bridgehead atoms. The van der Waals surface area contributed by atoms with Crippen molar-refractivity contribution in [1.29, 1.82) is 0 Å². The lowest BCUT2D eigenvalue weighted by molar-refractivity contribution is 0.604. The van der Waals surface area contributed by atoms with Crippen LogP contribution in [0.4, 0.5) is 0 Å². The van der Waals surface area contributed by atoms with Crippen LogP contribution in [0.5, 0.6) is 0 Å². The largest absolute Gasteiger partial charge is 0.340 e. The zero-order valence-electron chi connectivity index (χ0n) is 9.89. The lowest BCUT2D eigenvalue weighted by atomic mass is 9.87. The van der Waals surface area contributed by atoms with E-state index in [1.165, 1.54) is 29.7 Å². The number of imidazole rings is 1. The third-order valence-corrected chi connectivity index (χ3v) is 4.65. The molecule has 3 nitrogen and oxygen atoms in total. The van der Waals surface area contributed by atoms with E-state index >= 15 is 0 Å². The van der Waals surface area contributed by atoms with Gasteiger partial charge in [0.15, 0.2) is 5.65 Å². The highest BCUT2D eigenvalue weighted by Gasteiger charge is 2.25. The molecule has 1 aliphatic carbocycles. The molecule has 1 N–H and O–H groups in total. The summed E-state index contributed by atoms with van der Waals surface area (Å²) in [6.45, 7) is 0. The van der Waals surface area contributed by atoms with Crippen molar-refractivity contribution in [3.05, 3.63) is 46.0 Å². The number of hydrogen-bond donors (Lipinski definition) is 1. The number of H-pyrrole nitrogens is 1. The van der Waals surface area contributed by atoms with Crippen LogP contribution in [-0.2, 0) is 6.42 Å². The smallest absolute Gasteiger partial charge is 0.177 e. The summed E-state index contributed by atoms with van der Waals surface area (Å²) in [5.74, 6) is 1.50. The van der Waals surface area contributed by atoms with Gasteiger partial charge in [-0.2, -0.15) is 0 Å². The molecular weight excluding hydrogens is 242 g/mol. The van der Waals surface area contributed by atoms with Gasteiger partial charge in [0.05, 0.1) is 5.52 Å². The number of aromatic amines is 1. The molecule has 0 saturated carbocycles. The van der Waals surface area contributed by atoms with Gasteiger partial charge in [0.1, 0.15) is 5.82 Å². The molecule has 1 atom stereocenters. The SMILES string of the molecule is c1cnc2nc(C3CCCc4sccc43)[nH]c2c1. The maximum Gasteiger partial charge on any atom is 0.177 e. The molecule has 1 unspecified atom stereocenters. The fourth-order valence-corrected chi connectivity index (χ4v) is 3.79. The molecule has 1 aliphatic rings. The Labute approximate surface area is 109 Å². The second-order valence-corrected chi connectivity index (χ2v) is 5.74. The Bertz CT molecular complexity index is 665. The van der Waals surface area contributed by atoms with E-state index in [9.17, 15) is 0 Å². The number of aryl methyl sites for hydroxylation is 1. The number of rotatable bonds is 1. The molecule has 3 aromatic rings. The molecule has 4 rings (SSSR count). The molecule has 3 heterocycles. The van der Waals surface area contributed by atoms with Gasteiger partial charge in [-0.3, -0.25) is 0 Å². The first-order chi connectivity index (χ1) is 8.92. The van der Waals surface area contributed by atoms with Crippen LogP contribution in [0, 0.1) is 0 Å². The third-order valence-electron chi connectivity index (χ3n) is 3.66. The van der Waals surface area contributed by atoms with Crippen LogP contribution in [0.15, 0.2) is 29.8 Å². The van der Waals surface area contributed by atoms with Crippen LogP contribution in [0.25, 0.3) is 11.2 Å². The van der Waals surface area contributed by atoms with Crippen molar-refractivity contribution in [1.82, 2.24) is 15.0 Å². The molecule has 0 aliphatic heterocycles. The predicted molar refractivity (Wildman–Crippen MR) is 73.0 cm³/mol. The summed E-state index contributed by atoms with van der Waals surface area (Å²) < 4.78 is 0. The van der Waals surface area contributed by atoms with Gasteiger partial charge < -0.3 is 4.98 Å². The zero-order valence-corrected chi connectivity index (χ0v) is 10.7. The van der Waals surface area contributed by atoms with Crippen LogP contribution in [0.3, 0.4) is 0 Å². The molecule has 18 heavy (non-hydrogen) atoms. The maximum atomic E-state index is 4.65. The van der Waals surface area contributed by atoms with Crippen molar-refractivity contribution >= 4 is 22.5 Å². The Balaban J connectivity index is 1.84. The van der Waals surface area contributed by atoms with Gasteiger partial charge in [0.2, 0.25) is 0 Å². The van der Waals surface area contributed by atoms with Gasteiger partial charge in [-0.25, -0.2) is 9.97 Å². The van der Waals surface area contributed by atoms with Crippen LogP contribution in [-0.4, -0.2) is 15.0 Å². The molecule has 0 amide bonds. The van der Waals surface area contributed by atoms with Crippen molar-refractivity contribution in [2.45, 2.75) is 25.2 Å². The fourth-order valence-electron chi connectivity index (χ4n) is 2.80. The first-order valence-corrected chi connectivity index (χ1v) is 7.17. The zero-order chi connectivity index (χ0) is 11.9. The van der Waals surface area contributed by atoms with Crippen molar-refractivity contribution < 1.29 is 0 Å². The van der Waals surface area contributed by atoms with E-state index in [4.69, 9.17) is 0 Å². The minimum absolute atomic E-state index is 0.425. The molecular formula is C14H13N3S. The molecule has 4 heteroatoms. The Kier molecular flexibility index (Phi) is 2.23. The van der Waals surface area contributed by atoms with Gasteiger partial charge in [-0.05, 0) is 48.4 Å². The predicted octanol–water partition coefficient (Wildman–Crippen LogP) is 3.49.